The quantitative estimate of drug-likeness (QED) is 0.811. The van der Waals surface area contributed by atoms with E-state index in [2.05, 4.69) is 4.90 Å². The number of carboxylic acids is 1. The molecular formula is C19H20F3NO2S. The average molecular weight is 383 g/mol. The van der Waals surface area contributed by atoms with Crippen molar-refractivity contribution in [2.45, 2.75) is 32.0 Å². The summed E-state index contributed by atoms with van der Waals surface area (Å²) in [4.78, 5) is 15.4. The van der Waals surface area contributed by atoms with E-state index in [1.54, 1.807) is 17.4 Å². The molecule has 0 spiro atoms. The van der Waals surface area contributed by atoms with Crippen LogP contribution in [-0.4, -0.2) is 29.1 Å². The van der Waals surface area contributed by atoms with Gasteiger partial charge in [0.1, 0.15) is 0 Å². The molecule has 1 aliphatic heterocycles. The van der Waals surface area contributed by atoms with Crippen molar-refractivity contribution >= 4 is 17.3 Å². The molecule has 1 unspecified atom stereocenters. The van der Waals surface area contributed by atoms with Crippen LogP contribution in [0, 0.1) is 12.8 Å². The summed E-state index contributed by atoms with van der Waals surface area (Å²) in [5.74, 6) is -1.18. The first kappa shape index (κ1) is 18.9. The van der Waals surface area contributed by atoms with Gasteiger partial charge >= 0.3 is 12.1 Å². The fourth-order valence-corrected chi connectivity index (χ4v) is 4.49. The van der Waals surface area contributed by atoms with Crippen LogP contribution >= 0.6 is 11.3 Å². The lowest BCUT2D eigenvalue weighted by Gasteiger charge is -2.36. The molecule has 0 radical (unpaired) electrons. The number of rotatable bonds is 4. The zero-order valence-electron chi connectivity index (χ0n) is 14.3. The summed E-state index contributed by atoms with van der Waals surface area (Å²) in [5.41, 5.74) is -0.0656. The standard InChI is InChI=1S/C19H20F3NO2S/c1-12-5-6-16(26-12)17(23-9-7-13(8-10-23)18(24)25)14-3-2-4-15(11-14)19(20,21)22/h2-6,11,13,17H,7-10H2,1H3,(H,24,25). The molecule has 1 aromatic heterocycles. The van der Waals surface area contributed by atoms with Crippen molar-refractivity contribution in [3.8, 4) is 0 Å². The summed E-state index contributed by atoms with van der Waals surface area (Å²) in [5, 5.41) is 9.18. The molecule has 1 atom stereocenters. The average Bonchev–Trinajstić information content (AvgIpc) is 3.01. The second-order valence-corrected chi connectivity index (χ2v) is 7.94. The first-order valence-electron chi connectivity index (χ1n) is 8.46. The third-order valence-corrected chi connectivity index (χ3v) is 5.86. The van der Waals surface area contributed by atoms with E-state index in [9.17, 15) is 23.1 Å². The Kier molecular flexibility index (Phi) is 5.39. The van der Waals surface area contributed by atoms with E-state index in [4.69, 9.17) is 0 Å². The van der Waals surface area contributed by atoms with Crippen LogP contribution in [0.5, 0.6) is 0 Å². The van der Waals surface area contributed by atoms with Gasteiger partial charge in [-0.2, -0.15) is 13.2 Å². The molecule has 0 amide bonds. The summed E-state index contributed by atoms with van der Waals surface area (Å²) in [6.45, 7) is 3.07. The molecule has 2 aromatic rings. The van der Waals surface area contributed by atoms with Gasteiger partial charge in [0.15, 0.2) is 0 Å². The van der Waals surface area contributed by atoms with Crippen LogP contribution in [0.2, 0.25) is 0 Å². The molecule has 7 heteroatoms. The number of hydrogen-bond donors (Lipinski definition) is 1. The minimum Gasteiger partial charge on any atom is -0.481 e. The predicted molar refractivity (Wildman–Crippen MR) is 94.3 cm³/mol. The molecule has 3 nitrogen and oxygen atoms in total. The number of aliphatic carboxylic acids is 1. The topological polar surface area (TPSA) is 40.5 Å². The normalized spacial score (nSPS) is 18.0. The third-order valence-electron chi connectivity index (χ3n) is 4.80. The summed E-state index contributed by atoms with van der Waals surface area (Å²) in [6, 6.07) is 9.08. The minimum absolute atomic E-state index is 0.286. The van der Waals surface area contributed by atoms with E-state index >= 15 is 0 Å². The number of thiophene rings is 1. The maximum atomic E-state index is 13.1. The van der Waals surface area contributed by atoms with Crippen molar-refractivity contribution in [1.82, 2.24) is 4.90 Å². The summed E-state index contributed by atoms with van der Waals surface area (Å²) < 4.78 is 39.4. The highest BCUT2D eigenvalue weighted by Crippen LogP contribution is 2.38. The number of carboxylic acid groups (broad SMARTS) is 1. The molecule has 26 heavy (non-hydrogen) atoms. The molecule has 0 aliphatic carbocycles. The van der Waals surface area contributed by atoms with Crippen LogP contribution in [0.25, 0.3) is 0 Å². The molecule has 0 saturated carbocycles. The molecule has 1 saturated heterocycles. The summed E-state index contributed by atoms with van der Waals surface area (Å²) >= 11 is 1.57. The van der Waals surface area contributed by atoms with Crippen molar-refractivity contribution in [1.29, 1.82) is 0 Å². The lowest BCUT2D eigenvalue weighted by Crippen LogP contribution is -2.39. The number of aryl methyl sites for hydroxylation is 1. The zero-order chi connectivity index (χ0) is 18.9. The fraction of sp³-hybridized carbons (Fsp3) is 0.421. The monoisotopic (exact) mass is 383 g/mol. The van der Waals surface area contributed by atoms with Gasteiger partial charge in [0.25, 0.3) is 0 Å². The third kappa shape index (κ3) is 4.10. The van der Waals surface area contributed by atoms with Gasteiger partial charge in [0.05, 0.1) is 17.5 Å². The summed E-state index contributed by atoms with van der Waals surface area (Å²) in [7, 11) is 0. The largest absolute Gasteiger partial charge is 0.481 e. The van der Waals surface area contributed by atoms with Crippen molar-refractivity contribution in [3.05, 3.63) is 57.3 Å². The van der Waals surface area contributed by atoms with Gasteiger partial charge in [-0.15, -0.1) is 11.3 Å². The minimum atomic E-state index is -4.39. The first-order chi connectivity index (χ1) is 12.3. The van der Waals surface area contributed by atoms with Gasteiger partial charge in [-0.1, -0.05) is 12.1 Å². The number of alkyl halides is 3. The SMILES string of the molecule is Cc1ccc(C(c2cccc(C(F)(F)F)c2)N2CCC(C(=O)O)CC2)s1. The van der Waals surface area contributed by atoms with E-state index in [0.29, 0.717) is 31.5 Å². The molecule has 2 heterocycles. The first-order valence-corrected chi connectivity index (χ1v) is 9.27. The zero-order valence-corrected chi connectivity index (χ0v) is 15.1. The second kappa shape index (κ2) is 7.40. The maximum absolute atomic E-state index is 13.1. The highest BCUT2D eigenvalue weighted by molar-refractivity contribution is 7.12. The van der Waals surface area contributed by atoms with E-state index in [-0.39, 0.29) is 12.0 Å². The van der Waals surface area contributed by atoms with E-state index < -0.39 is 17.7 Å². The molecule has 1 aromatic carbocycles. The summed E-state index contributed by atoms with van der Waals surface area (Å²) in [6.07, 6.45) is -3.37. The van der Waals surface area contributed by atoms with Gasteiger partial charge < -0.3 is 5.11 Å². The number of piperidine rings is 1. The van der Waals surface area contributed by atoms with E-state index in [1.807, 2.05) is 19.1 Å². The van der Waals surface area contributed by atoms with Crippen LogP contribution in [0.4, 0.5) is 13.2 Å². The molecule has 1 N–H and O–H groups in total. The van der Waals surface area contributed by atoms with Gasteiger partial charge in [0, 0.05) is 9.75 Å². The Morgan fingerprint density at radius 2 is 1.92 bits per heavy atom. The van der Waals surface area contributed by atoms with Crippen molar-refractivity contribution < 1.29 is 23.1 Å². The number of nitrogens with zero attached hydrogens (tertiary/aromatic N) is 1. The highest BCUT2D eigenvalue weighted by atomic mass is 32.1. The van der Waals surface area contributed by atoms with Gasteiger partial charge in [-0.05, 0) is 62.7 Å². The molecule has 1 aliphatic rings. The van der Waals surface area contributed by atoms with Crippen LogP contribution < -0.4 is 0 Å². The lowest BCUT2D eigenvalue weighted by atomic mass is 9.93. The van der Waals surface area contributed by atoms with Crippen LogP contribution in [0.15, 0.2) is 36.4 Å². The Labute approximate surface area is 154 Å². The lowest BCUT2D eigenvalue weighted by molar-refractivity contribution is -0.143. The molecule has 0 bridgehead atoms. The Hall–Kier alpha value is -1.86. The molecular weight excluding hydrogens is 363 g/mol. The number of hydrogen-bond acceptors (Lipinski definition) is 3. The second-order valence-electron chi connectivity index (χ2n) is 6.62. The van der Waals surface area contributed by atoms with Crippen LogP contribution in [0.1, 0.15) is 39.8 Å². The number of benzene rings is 1. The Balaban J connectivity index is 1.94. The van der Waals surface area contributed by atoms with Gasteiger partial charge in [0.2, 0.25) is 0 Å². The number of likely N-dealkylation sites (tertiary alicyclic amines) is 1. The maximum Gasteiger partial charge on any atom is 0.416 e. The molecule has 140 valence electrons. The van der Waals surface area contributed by atoms with E-state index in [0.717, 1.165) is 15.8 Å². The van der Waals surface area contributed by atoms with Crippen LogP contribution in [0.3, 0.4) is 0 Å². The van der Waals surface area contributed by atoms with Crippen molar-refractivity contribution in [2.24, 2.45) is 5.92 Å². The van der Waals surface area contributed by atoms with Crippen molar-refractivity contribution in [2.75, 3.05) is 13.1 Å². The number of carbonyl (C=O) groups is 1. The fourth-order valence-electron chi connectivity index (χ4n) is 3.45. The van der Waals surface area contributed by atoms with Crippen LogP contribution in [-0.2, 0) is 11.0 Å². The smallest absolute Gasteiger partial charge is 0.416 e. The molecule has 3 rings (SSSR count). The number of halogens is 3. The van der Waals surface area contributed by atoms with E-state index in [1.165, 1.54) is 12.1 Å². The highest BCUT2D eigenvalue weighted by Gasteiger charge is 2.34. The Morgan fingerprint density at radius 1 is 1.23 bits per heavy atom. The molecule has 1 fully saturated rings. The Morgan fingerprint density at radius 3 is 2.46 bits per heavy atom. The predicted octanol–water partition coefficient (Wildman–Crippen LogP) is 4.96. The van der Waals surface area contributed by atoms with Gasteiger partial charge in [-0.25, -0.2) is 0 Å². The Bertz CT molecular complexity index is 779. The van der Waals surface area contributed by atoms with Crippen molar-refractivity contribution in [3.63, 3.8) is 0 Å². The van der Waals surface area contributed by atoms with Gasteiger partial charge in [-0.3, -0.25) is 9.69 Å².